The molecule has 1 aromatic heterocycles. The number of rotatable bonds is 3. The maximum Gasteiger partial charge on any atom is 0.416 e. The van der Waals surface area contributed by atoms with Gasteiger partial charge in [0.05, 0.1) is 5.56 Å². The number of piperazine rings is 1. The number of alkyl halides is 3. The fraction of sp³-hybridized carbons (Fsp3) is 0.353. The molecule has 0 atom stereocenters. The van der Waals surface area contributed by atoms with Crippen LogP contribution in [-0.4, -0.2) is 46.5 Å². The molecule has 1 aliphatic rings. The van der Waals surface area contributed by atoms with Gasteiger partial charge in [0.1, 0.15) is 6.54 Å². The summed E-state index contributed by atoms with van der Waals surface area (Å²) in [6, 6.07) is 6.23. The predicted molar refractivity (Wildman–Crippen MR) is 91.6 cm³/mol. The zero-order chi connectivity index (χ0) is 19.6. The van der Waals surface area contributed by atoms with Crippen molar-refractivity contribution in [1.29, 1.82) is 0 Å². The summed E-state index contributed by atoms with van der Waals surface area (Å²) in [5.74, 6) is -0.298. The van der Waals surface area contributed by atoms with E-state index >= 15 is 0 Å². The summed E-state index contributed by atoms with van der Waals surface area (Å²) in [5, 5.41) is 0. The highest BCUT2D eigenvalue weighted by molar-refractivity contribution is 5.76. The van der Waals surface area contributed by atoms with Gasteiger partial charge in [-0.3, -0.25) is 19.1 Å². The van der Waals surface area contributed by atoms with E-state index in [0.717, 1.165) is 22.8 Å². The standard InChI is InChI=1S/C17H17F3N4O3/c18-17(19,20)12-2-1-3-13(10-12)22-6-8-23(9-7-22)15(26)11-24-5-4-14(25)21-16(24)27/h1-5,10H,6-9,11H2,(H,21,25,27). The second-order valence-corrected chi connectivity index (χ2v) is 6.15. The van der Waals surface area contributed by atoms with Gasteiger partial charge >= 0.3 is 11.9 Å². The Kier molecular flexibility index (Phi) is 5.06. The second-order valence-electron chi connectivity index (χ2n) is 6.15. The van der Waals surface area contributed by atoms with E-state index in [2.05, 4.69) is 4.98 Å². The third kappa shape index (κ3) is 4.39. The molecule has 1 saturated heterocycles. The van der Waals surface area contributed by atoms with Crippen LogP contribution in [0.3, 0.4) is 0 Å². The molecule has 0 unspecified atom stereocenters. The fourth-order valence-electron chi connectivity index (χ4n) is 2.91. The van der Waals surface area contributed by atoms with E-state index in [-0.39, 0.29) is 12.5 Å². The minimum Gasteiger partial charge on any atom is -0.368 e. The SMILES string of the molecule is O=C(Cn1ccc(=O)[nH]c1=O)N1CCN(c2cccc(C(F)(F)F)c2)CC1. The first-order valence-corrected chi connectivity index (χ1v) is 8.24. The molecule has 0 radical (unpaired) electrons. The Morgan fingerprint density at radius 2 is 1.78 bits per heavy atom. The average Bonchev–Trinajstić information content (AvgIpc) is 2.63. The van der Waals surface area contributed by atoms with E-state index in [1.807, 2.05) is 0 Å². The third-order valence-electron chi connectivity index (χ3n) is 4.37. The van der Waals surface area contributed by atoms with Crippen LogP contribution in [0.2, 0.25) is 0 Å². The van der Waals surface area contributed by atoms with E-state index < -0.39 is 23.0 Å². The highest BCUT2D eigenvalue weighted by Gasteiger charge is 2.31. The number of hydrogen-bond donors (Lipinski definition) is 1. The molecule has 0 saturated carbocycles. The molecule has 7 nitrogen and oxygen atoms in total. The molecule has 0 bridgehead atoms. The number of H-pyrrole nitrogens is 1. The van der Waals surface area contributed by atoms with Gasteiger partial charge in [-0.05, 0) is 18.2 Å². The first-order chi connectivity index (χ1) is 12.7. The average molecular weight is 382 g/mol. The Hall–Kier alpha value is -3.04. The van der Waals surface area contributed by atoms with Crippen molar-refractivity contribution in [3.63, 3.8) is 0 Å². The van der Waals surface area contributed by atoms with Crippen molar-refractivity contribution in [2.45, 2.75) is 12.7 Å². The van der Waals surface area contributed by atoms with E-state index in [9.17, 15) is 27.6 Å². The number of aromatic amines is 1. The number of hydrogen-bond acceptors (Lipinski definition) is 4. The summed E-state index contributed by atoms with van der Waals surface area (Å²) >= 11 is 0. The Morgan fingerprint density at radius 1 is 1.07 bits per heavy atom. The lowest BCUT2D eigenvalue weighted by atomic mass is 10.1. The summed E-state index contributed by atoms with van der Waals surface area (Å²) in [4.78, 5) is 40.4. The second kappa shape index (κ2) is 7.29. The molecule has 27 heavy (non-hydrogen) atoms. The molecule has 1 N–H and O–H groups in total. The van der Waals surface area contributed by atoms with Gasteiger partial charge in [0.15, 0.2) is 0 Å². The summed E-state index contributed by atoms with van der Waals surface area (Å²) in [6.45, 7) is 1.21. The topological polar surface area (TPSA) is 78.4 Å². The lowest BCUT2D eigenvalue weighted by Gasteiger charge is -2.36. The van der Waals surface area contributed by atoms with Gasteiger partial charge in [-0.1, -0.05) is 6.07 Å². The molecular weight excluding hydrogens is 365 g/mol. The first-order valence-electron chi connectivity index (χ1n) is 8.24. The number of carbonyl (C=O) groups is 1. The van der Waals surface area contributed by atoms with E-state index in [1.165, 1.54) is 12.3 Å². The summed E-state index contributed by atoms with van der Waals surface area (Å²) in [7, 11) is 0. The minimum absolute atomic E-state index is 0.209. The Labute approximate surface area is 151 Å². The lowest BCUT2D eigenvalue weighted by Crippen LogP contribution is -2.50. The normalized spacial score (nSPS) is 15.1. The van der Waals surface area contributed by atoms with Crippen molar-refractivity contribution in [2.75, 3.05) is 31.1 Å². The van der Waals surface area contributed by atoms with Crippen molar-refractivity contribution in [2.24, 2.45) is 0 Å². The Morgan fingerprint density at radius 3 is 2.41 bits per heavy atom. The van der Waals surface area contributed by atoms with Gasteiger partial charge in [-0.15, -0.1) is 0 Å². The van der Waals surface area contributed by atoms with Gasteiger partial charge in [-0.25, -0.2) is 4.79 Å². The number of halogens is 3. The summed E-state index contributed by atoms with van der Waals surface area (Å²) < 4.78 is 39.6. The van der Waals surface area contributed by atoms with Crippen LogP contribution in [-0.2, 0) is 17.5 Å². The molecule has 10 heteroatoms. The predicted octanol–water partition coefficient (Wildman–Crippen LogP) is 0.904. The van der Waals surface area contributed by atoms with Crippen molar-refractivity contribution < 1.29 is 18.0 Å². The quantitative estimate of drug-likeness (QED) is 0.856. The molecule has 3 rings (SSSR count). The maximum absolute atomic E-state index is 12.8. The zero-order valence-electron chi connectivity index (χ0n) is 14.2. The molecule has 2 heterocycles. The molecule has 1 aromatic carbocycles. The highest BCUT2D eigenvalue weighted by Crippen LogP contribution is 2.31. The molecule has 0 spiro atoms. The van der Waals surface area contributed by atoms with Gasteiger partial charge in [0.2, 0.25) is 5.91 Å². The molecule has 1 amide bonds. The van der Waals surface area contributed by atoms with Gasteiger partial charge in [0.25, 0.3) is 5.56 Å². The summed E-state index contributed by atoms with van der Waals surface area (Å²) in [5.41, 5.74) is -1.47. The van der Waals surface area contributed by atoms with Crippen LogP contribution in [0.4, 0.5) is 18.9 Å². The molecule has 0 aliphatic carbocycles. The van der Waals surface area contributed by atoms with Crippen molar-refractivity contribution in [3.05, 3.63) is 62.9 Å². The van der Waals surface area contributed by atoms with Crippen LogP contribution in [0.5, 0.6) is 0 Å². The molecule has 2 aromatic rings. The molecule has 1 aliphatic heterocycles. The van der Waals surface area contributed by atoms with Crippen LogP contribution in [0.15, 0.2) is 46.1 Å². The molecule has 144 valence electrons. The highest BCUT2D eigenvalue weighted by atomic mass is 19.4. The van der Waals surface area contributed by atoms with Crippen LogP contribution in [0.25, 0.3) is 0 Å². The molecular formula is C17H17F3N4O3. The first kappa shape index (κ1) is 18.7. The van der Waals surface area contributed by atoms with Crippen LogP contribution in [0.1, 0.15) is 5.56 Å². The molecule has 1 fully saturated rings. The number of anilines is 1. The van der Waals surface area contributed by atoms with E-state index in [1.54, 1.807) is 15.9 Å². The van der Waals surface area contributed by atoms with Crippen LogP contribution < -0.4 is 16.1 Å². The maximum atomic E-state index is 12.8. The van der Waals surface area contributed by atoms with Crippen molar-refractivity contribution in [1.82, 2.24) is 14.5 Å². The zero-order valence-corrected chi connectivity index (χ0v) is 14.2. The van der Waals surface area contributed by atoms with Gasteiger partial charge in [0, 0.05) is 44.1 Å². The minimum atomic E-state index is -4.41. The van der Waals surface area contributed by atoms with Gasteiger partial charge < -0.3 is 9.80 Å². The largest absolute Gasteiger partial charge is 0.416 e. The summed E-state index contributed by atoms with van der Waals surface area (Å²) in [6.07, 6.45) is -3.16. The number of nitrogens with one attached hydrogen (secondary N) is 1. The Balaban J connectivity index is 1.62. The van der Waals surface area contributed by atoms with Crippen molar-refractivity contribution in [3.8, 4) is 0 Å². The lowest BCUT2D eigenvalue weighted by molar-refractivity contribution is -0.137. The van der Waals surface area contributed by atoms with Crippen molar-refractivity contribution >= 4 is 11.6 Å². The van der Waals surface area contributed by atoms with Crippen LogP contribution >= 0.6 is 0 Å². The Bertz CT molecular complexity index is 943. The van der Waals surface area contributed by atoms with Gasteiger partial charge in [-0.2, -0.15) is 13.2 Å². The van der Waals surface area contributed by atoms with Crippen LogP contribution in [0, 0.1) is 0 Å². The number of aromatic nitrogens is 2. The number of carbonyl (C=O) groups excluding carboxylic acids is 1. The fourth-order valence-corrected chi connectivity index (χ4v) is 2.91. The van der Waals surface area contributed by atoms with E-state index in [0.29, 0.717) is 31.9 Å². The number of amides is 1. The third-order valence-corrected chi connectivity index (χ3v) is 4.37. The number of nitrogens with zero attached hydrogens (tertiary/aromatic N) is 3. The number of benzene rings is 1. The monoisotopic (exact) mass is 382 g/mol. The smallest absolute Gasteiger partial charge is 0.368 e. The van der Waals surface area contributed by atoms with E-state index in [4.69, 9.17) is 0 Å².